The second-order valence-electron chi connectivity index (χ2n) is 6.07. The summed E-state index contributed by atoms with van der Waals surface area (Å²) in [6.07, 6.45) is 0. The van der Waals surface area contributed by atoms with Crippen molar-refractivity contribution >= 4 is 37.5 Å². The molecule has 0 bridgehead atoms. The molecule has 1 atom stereocenters. The van der Waals surface area contributed by atoms with Gasteiger partial charge in [-0.3, -0.25) is 4.79 Å². The number of carbonyl (C=O) groups excluding carboxylic acids is 1. The van der Waals surface area contributed by atoms with E-state index in [1.54, 1.807) is 7.05 Å². The number of thiazole rings is 1. The Bertz CT molecular complexity index is 1030. The summed E-state index contributed by atoms with van der Waals surface area (Å²) in [5.41, 5.74) is 0.864. The molecule has 0 unspecified atom stereocenters. The molecule has 0 spiro atoms. The first-order chi connectivity index (χ1) is 12.8. The van der Waals surface area contributed by atoms with Crippen LogP contribution in [-0.2, 0) is 21.4 Å². The lowest BCUT2D eigenvalue weighted by Crippen LogP contribution is -2.45. The van der Waals surface area contributed by atoms with Crippen molar-refractivity contribution in [1.82, 2.24) is 14.6 Å². The summed E-state index contributed by atoms with van der Waals surface area (Å²) >= 11 is 1.49. The number of carbonyl (C=O) groups is 1. The Morgan fingerprint density at radius 1 is 1.22 bits per heavy atom. The Hall–Kier alpha value is -2.36. The predicted octanol–water partition coefficient (Wildman–Crippen LogP) is 2.76. The molecule has 0 saturated carbocycles. The molecule has 1 N–H and O–H groups in total. The van der Waals surface area contributed by atoms with E-state index in [0.29, 0.717) is 0 Å². The number of sulfonamides is 1. The van der Waals surface area contributed by atoms with Crippen LogP contribution < -0.4 is 4.72 Å². The van der Waals surface area contributed by atoms with Crippen molar-refractivity contribution in [3.05, 3.63) is 59.4 Å². The minimum atomic E-state index is -3.93. The summed E-state index contributed by atoms with van der Waals surface area (Å²) in [6.45, 7) is 1.75. The molecule has 0 aliphatic heterocycles. The van der Waals surface area contributed by atoms with E-state index in [0.717, 1.165) is 39.5 Å². The van der Waals surface area contributed by atoms with Gasteiger partial charge in [-0.25, -0.2) is 17.8 Å². The maximum atomic E-state index is 13.0. The molecule has 27 heavy (non-hydrogen) atoms. The van der Waals surface area contributed by atoms with Gasteiger partial charge in [0.15, 0.2) is 0 Å². The van der Waals surface area contributed by atoms with Crippen molar-refractivity contribution < 1.29 is 17.6 Å². The van der Waals surface area contributed by atoms with Crippen LogP contribution in [0.4, 0.5) is 4.39 Å². The van der Waals surface area contributed by atoms with Gasteiger partial charge in [-0.15, -0.1) is 11.3 Å². The standard InChI is InChI=1S/C18H18FN3O3S2/c1-12(21-27(24,25)14-9-7-13(19)8-10-14)18(23)22(2)11-17-20-15-5-3-4-6-16(15)26-17/h3-10,12,21H,11H2,1-2H3/t12-/m0/s1. The maximum absolute atomic E-state index is 13.0. The van der Waals surface area contributed by atoms with Gasteiger partial charge < -0.3 is 4.90 Å². The molecule has 142 valence electrons. The number of nitrogens with one attached hydrogen (secondary N) is 1. The average Bonchev–Trinajstić information content (AvgIpc) is 3.03. The highest BCUT2D eigenvalue weighted by Crippen LogP contribution is 2.22. The molecule has 1 amide bonds. The Labute approximate surface area is 160 Å². The lowest BCUT2D eigenvalue weighted by molar-refractivity contribution is -0.131. The van der Waals surface area contributed by atoms with Crippen LogP contribution in [0.25, 0.3) is 10.2 Å². The highest BCUT2D eigenvalue weighted by atomic mass is 32.2. The molecule has 6 nitrogen and oxygen atoms in total. The zero-order chi connectivity index (χ0) is 19.6. The van der Waals surface area contributed by atoms with E-state index in [4.69, 9.17) is 0 Å². The number of benzene rings is 2. The number of hydrogen-bond donors (Lipinski definition) is 1. The van der Waals surface area contributed by atoms with Crippen LogP contribution in [0, 0.1) is 5.82 Å². The second kappa shape index (κ2) is 7.71. The molecule has 9 heteroatoms. The summed E-state index contributed by atoms with van der Waals surface area (Å²) in [7, 11) is -2.33. The van der Waals surface area contributed by atoms with Crippen molar-refractivity contribution in [1.29, 1.82) is 0 Å². The number of likely N-dealkylation sites (N-methyl/N-ethyl adjacent to an activating group) is 1. The molecule has 0 radical (unpaired) electrons. The lowest BCUT2D eigenvalue weighted by atomic mass is 10.3. The van der Waals surface area contributed by atoms with Crippen LogP contribution >= 0.6 is 11.3 Å². The highest BCUT2D eigenvalue weighted by Gasteiger charge is 2.25. The van der Waals surface area contributed by atoms with Crippen molar-refractivity contribution in [2.75, 3.05) is 7.05 Å². The summed E-state index contributed by atoms with van der Waals surface area (Å²) in [6, 6.07) is 11.1. The van der Waals surface area contributed by atoms with Crippen molar-refractivity contribution in [2.24, 2.45) is 0 Å². The maximum Gasteiger partial charge on any atom is 0.241 e. The van der Waals surface area contributed by atoms with Gasteiger partial charge in [-0.1, -0.05) is 12.1 Å². The molecule has 3 rings (SSSR count). The van der Waals surface area contributed by atoms with Crippen LogP contribution in [0.15, 0.2) is 53.4 Å². The molecule has 2 aromatic carbocycles. The Kier molecular flexibility index (Phi) is 5.54. The topological polar surface area (TPSA) is 79.4 Å². The third-order valence-electron chi connectivity index (χ3n) is 3.91. The van der Waals surface area contributed by atoms with E-state index < -0.39 is 21.9 Å². The van der Waals surface area contributed by atoms with E-state index in [-0.39, 0.29) is 17.3 Å². The first-order valence-corrected chi connectivity index (χ1v) is 10.4. The van der Waals surface area contributed by atoms with E-state index in [2.05, 4.69) is 9.71 Å². The number of nitrogens with zero attached hydrogens (tertiary/aromatic N) is 2. The van der Waals surface area contributed by atoms with Crippen LogP contribution in [0.2, 0.25) is 0 Å². The fraction of sp³-hybridized carbons (Fsp3) is 0.222. The number of fused-ring (bicyclic) bond motifs is 1. The van der Waals surface area contributed by atoms with Crippen molar-refractivity contribution in [3.8, 4) is 0 Å². The molecule has 1 aromatic heterocycles. The number of hydrogen-bond acceptors (Lipinski definition) is 5. The monoisotopic (exact) mass is 407 g/mol. The fourth-order valence-electron chi connectivity index (χ4n) is 2.56. The molecule has 3 aromatic rings. The number of aromatic nitrogens is 1. The summed E-state index contributed by atoms with van der Waals surface area (Å²) in [5.74, 6) is -0.923. The SMILES string of the molecule is C[C@H](NS(=O)(=O)c1ccc(F)cc1)C(=O)N(C)Cc1nc2ccccc2s1. The lowest BCUT2D eigenvalue weighted by Gasteiger charge is -2.21. The first-order valence-electron chi connectivity index (χ1n) is 8.13. The van der Waals surface area contributed by atoms with E-state index in [9.17, 15) is 17.6 Å². The summed E-state index contributed by atoms with van der Waals surface area (Å²) in [4.78, 5) is 18.3. The van der Waals surface area contributed by atoms with E-state index in [1.807, 2.05) is 24.3 Å². The zero-order valence-electron chi connectivity index (χ0n) is 14.7. The number of amides is 1. The Morgan fingerprint density at radius 3 is 2.56 bits per heavy atom. The van der Waals surface area contributed by atoms with Crippen LogP contribution in [0.3, 0.4) is 0 Å². The number of halogens is 1. The van der Waals surface area contributed by atoms with E-state index in [1.165, 1.54) is 23.2 Å². The van der Waals surface area contributed by atoms with Gasteiger partial charge in [-0.05, 0) is 43.3 Å². The van der Waals surface area contributed by atoms with Crippen LogP contribution in [0.5, 0.6) is 0 Å². The van der Waals surface area contributed by atoms with Gasteiger partial charge in [0.05, 0.1) is 27.7 Å². The average molecular weight is 407 g/mol. The third-order valence-corrected chi connectivity index (χ3v) is 6.49. The van der Waals surface area contributed by atoms with Gasteiger partial charge in [0.2, 0.25) is 15.9 Å². The summed E-state index contributed by atoms with van der Waals surface area (Å²) < 4.78 is 41.0. The minimum Gasteiger partial charge on any atom is -0.338 e. The molecule has 1 heterocycles. The quantitative estimate of drug-likeness (QED) is 0.681. The van der Waals surface area contributed by atoms with Gasteiger partial charge in [0.25, 0.3) is 0 Å². The largest absolute Gasteiger partial charge is 0.338 e. The fourth-order valence-corrected chi connectivity index (χ4v) is 4.78. The zero-order valence-corrected chi connectivity index (χ0v) is 16.3. The smallest absolute Gasteiger partial charge is 0.241 e. The Morgan fingerprint density at radius 2 is 1.89 bits per heavy atom. The normalized spacial score (nSPS) is 12.9. The Balaban J connectivity index is 1.67. The van der Waals surface area contributed by atoms with Gasteiger partial charge in [0, 0.05) is 7.05 Å². The molecule has 0 saturated heterocycles. The van der Waals surface area contributed by atoms with E-state index >= 15 is 0 Å². The number of para-hydroxylation sites is 1. The summed E-state index contributed by atoms with van der Waals surface area (Å²) in [5, 5.41) is 0.764. The van der Waals surface area contributed by atoms with Gasteiger partial charge in [-0.2, -0.15) is 4.72 Å². The third kappa shape index (κ3) is 4.49. The highest BCUT2D eigenvalue weighted by molar-refractivity contribution is 7.89. The van der Waals surface area contributed by atoms with Crippen LogP contribution in [-0.4, -0.2) is 37.3 Å². The molecule has 0 fully saturated rings. The molecule has 0 aliphatic rings. The molecular weight excluding hydrogens is 389 g/mol. The van der Waals surface area contributed by atoms with Crippen LogP contribution in [0.1, 0.15) is 11.9 Å². The molecule has 0 aliphatic carbocycles. The first kappa shape index (κ1) is 19.4. The van der Waals surface area contributed by atoms with Crippen molar-refractivity contribution in [3.63, 3.8) is 0 Å². The predicted molar refractivity (Wildman–Crippen MR) is 102 cm³/mol. The minimum absolute atomic E-state index is 0.0997. The van der Waals surface area contributed by atoms with Gasteiger partial charge >= 0.3 is 0 Å². The number of rotatable bonds is 6. The molecular formula is C18H18FN3O3S2. The second-order valence-corrected chi connectivity index (χ2v) is 8.90. The van der Waals surface area contributed by atoms with Gasteiger partial charge in [0.1, 0.15) is 10.8 Å². The van der Waals surface area contributed by atoms with Crippen molar-refractivity contribution in [2.45, 2.75) is 24.4 Å².